The van der Waals surface area contributed by atoms with Gasteiger partial charge in [-0.2, -0.15) is 0 Å². The van der Waals surface area contributed by atoms with E-state index in [0.717, 1.165) is 12.5 Å². The molecule has 1 saturated heterocycles. The van der Waals surface area contributed by atoms with Crippen LogP contribution in [0.2, 0.25) is 0 Å². The molecule has 1 aliphatic rings. The molecule has 0 radical (unpaired) electrons. The second-order valence-corrected chi connectivity index (χ2v) is 5.23. The molecule has 4 heteroatoms. The topological polar surface area (TPSA) is 22.1 Å². The fraction of sp³-hybridized carbons (Fsp3) is 0.923. The van der Waals surface area contributed by atoms with Gasteiger partial charge in [-0.05, 0) is 45.3 Å². The molecular formula is C13H28N4. The van der Waals surface area contributed by atoms with Crippen LogP contribution >= 0.6 is 0 Å². The zero-order valence-electron chi connectivity index (χ0n) is 11.9. The lowest BCUT2D eigenvalue weighted by Gasteiger charge is -2.22. The van der Waals surface area contributed by atoms with Gasteiger partial charge in [0.05, 0.1) is 0 Å². The molecule has 0 unspecified atom stereocenters. The lowest BCUT2D eigenvalue weighted by atomic mass is 10.3. The number of rotatable bonds is 5. The van der Waals surface area contributed by atoms with Gasteiger partial charge in [0.15, 0.2) is 5.96 Å². The number of nitrogens with zero attached hydrogens (tertiary/aromatic N) is 4. The minimum atomic E-state index is 0.944. The molecule has 0 aromatic rings. The first-order chi connectivity index (χ1) is 8.11. The van der Waals surface area contributed by atoms with Gasteiger partial charge >= 0.3 is 0 Å². The van der Waals surface area contributed by atoms with Crippen LogP contribution in [0, 0.1) is 0 Å². The van der Waals surface area contributed by atoms with Crippen molar-refractivity contribution in [2.75, 3.05) is 54.4 Å². The average Bonchev–Trinajstić information content (AvgIpc) is 2.74. The van der Waals surface area contributed by atoms with Crippen LogP contribution in [-0.2, 0) is 0 Å². The van der Waals surface area contributed by atoms with Gasteiger partial charge in [0, 0.05) is 34.7 Å². The minimum absolute atomic E-state index is 0.944. The molecule has 1 rings (SSSR count). The van der Waals surface area contributed by atoms with Crippen LogP contribution < -0.4 is 0 Å². The second-order valence-electron chi connectivity index (χ2n) is 5.23. The van der Waals surface area contributed by atoms with Crippen LogP contribution in [0.1, 0.15) is 25.7 Å². The quantitative estimate of drug-likeness (QED) is 0.411. The molecule has 0 atom stereocenters. The molecular weight excluding hydrogens is 212 g/mol. The zero-order valence-corrected chi connectivity index (χ0v) is 11.9. The van der Waals surface area contributed by atoms with Crippen LogP contribution in [0.15, 0.2) is 4.99 Å². The van der Waals surface area contributed by atoms with E-state index >= 15 is 0 Å². The third-order valence-electron chi connectivity index (χ3n) is 3.13. The van der Waals surface area contributed by atoms with Crippen molar-refractivity contribution in [3.63, 3.8) is 0 Å². The molecule has 17 heavy (non-hydrogen) atoms. The van der Waals surface area contributed by atoms with Crippen LogP contribution in [0.25, 0.3) is 0 Å². The van der Waals surface area contributed by atoms with Crippen molar-refractivity contribution in [1.82, 2.24) is 14.7 Å². The Morgan fingerprint density at radius 1 is 1.00 bits per heavy atom. The summed E-state index contributed by atoms with van der Waals surface area (Å²) in [4.78, 5) is 11.3. The minimum Gasteiger partial charge on any atom is -0.349 e. The fourth-order valence-corrected chi connectivity index (χ4v) is 2.32. The number of aliphatic imine (C=N–C) groups is 1. The van der Waals surface area contributed by atoms with Gasteiger partial charge in [0.25, 0.3) is 0 Å². The molecule has 1 heterocycles. The van der Waals surface area contributed by atoms with E-state index in [1.165, 1.54) is 45.3 Å². The first kappa shape index (κ1) is 14.3. The number of hydrogen-bond acceptors (Lipinski definition) is 2. The molecule has 1 fully saturated rings. The largest absolute Gasteiger partial charge is 0.349 e. The molecule has 0 saturated carbocycles. The number of guanidine groups is 1. The van der Waals surface area contributed by atoms with E-state index in [1.54, 1.807) is 0 Å². The first-order valence-electron chi connectivity index (χ1n) is 6.72. The Labute approximate surface area is 106 Å². The summed E-state index contributed by atoms with van der Waals surface area (Å²) in [5, 5.41) is 0. The van der Waals surface area contributed by atoms with Crippen molar-refractivity contribution in [1.29, 1.82) is 0 Å². The third kappa shape index (κ3) is 5.39. The maximum Gasteiger partial charge on any atom is 0.195 e. The summed E-state index contributed by atoms with van der Waals surface area (Å²) in [7, 11) is 8.18. The SMILES string of the molecule is CN(C)C(=NCCCCN1CCCC1)N(C)C. The summed E-state index contributed by atoms with van der Waals surface area (Å²) in [6.07, 6.45) is 5.26. The van der Waals surface area contributed by atoms with Gasteiger partial charge in [-0.25, -0.2) is 0 Å². The van der Waals surface area contributed by atoms with E-state index in [-0.39, 0.29) is 0 Å². The Bertz CT molecular complexity index is 220. The van der Waals surface area contributed by atoms with E-state index in [9.17, 15) is 0 Å². The highest BCUT2D eigenvalue weighted by Crippen LogP contribution is 2.08. The van der Waals surface area contributed by atoms with Gasteiger partial charge in [0.2, 0.25) is 0 Å². The summed E-state index contributed by atoms with van der Waals surface area (Å²) in [5.41, 5.74) is 0. The van der Waals surface area contributed by atoms with Gasteiger partial charge in [-0.1, -0.05) is 0 Å². The molecule has 0 N–H and O–H groups in total. The molecule has 0 aromatic carbocycles. The Kier molecular flexibility index (Phi) is 6.34. The second kappa shape index (κ2) is 7.54. The number of likely N-dealkylation sites (tertiary alicyclic amines) is 1. The predicted molar refractivity (Wildman–Crippen MR) is 74.6 cm³/mol. The van der Waals surface area contributed by atoms with E-state index in [1.807, 2.05) is 28.2 Å². The molecule has 0 aliphatic carbocycles. The maximum absolute atomic E-state index is 4.64. The van der Waals surface area contributed by atoms with Crippen molar-refractivity contribution in [2.24, 2.45) is 4.99 Å². The van der Waals surface area contributed by atoms with Crippen molar-refractivity contribution >= 4 is 5.96 Å². The van der Waals surface area contributed by atoms with Crippen molar-refractivity contribution in [3.05, 3.63) is 0 Å². The highest BCUT2D eigenvalue weighted by Gasteiger charge is 2.10. The predicted octanol–water partition coefficient (Wildman–Crippen LogP) is 1.34. The van der Waals surface area contributed by atoms with Crippen LogP contribution in [0.4, 0.5) is 0 Å². The highest BCUT2D eigenvalue weighted by atomic mass is 15.3. The zero-order chi connectivity index (χ0) is 12.7. The molecule has 4 nitrogen and oxygen atoms in total. The van der Waals surface area contributed by atoms with Crippen LogP contribution in [0.3, 0.4) is 0 Å². The highest BCUT2D eigenvalue weighted by molar-refractivity contribution is 5.79. The third-order valence-corrected chi connectivity index (χ3v) is 3.13. The van der Waals surface area contributed by atoms with Gasteiger partial charge in [-0.3, -0.25) is 4.99 Å². The summed E-state index contributed by atoms with van der Waals surface area (Å²) >= 11 is 0. The monoisotopic (exact) mass is 240 g/mol. The fourth-order valence-electron chi connectivity index (χ4n) is 2.32. The first-order valence-corrected chi connectivity index (χ1v) is 6.72. The van der Waals surface area contributed by atoms with E-state index in [0.29, 0.717) is 0 Å². The molecule has 0 aromatic heterocycles. The van der Waals surface area contributed by atoms with Crippen LogP contribution in [-0.4, -0.2) is 75.0 Å². The van der Waals surface area contributed by atoms with Crippen LogP contribution in [0.5, 0.6) is 0 Å². The molecule has 0 bridgehead atoms. The smallest absolute Gasteiger partial charge is 0.195 e. The normalized spacial score (nSPS) is 16.0. The van der Waals surface area contributed by atoms with Gasteiger partial charge < -0.3 is 14.7 Å². The van der Waals surface area contributed by atoms with Gasteiger partial charge in [-0.15, -0.1) is 0 Å². The lowest BCUT2D eigenvalue weighted by Crippen LogP contribution is -2.35. The van der Waals surface area contributed by atoms with Crippen molar-refractivity contribution in [3.8, 4) is 0 Å². The Balaban J connectivity index is 2.14. The summed E-state index contributed by atoms with van der Waals surface area (Å²) in [6, 6.07) is 0. The van der Waals surface area contributed by atoms with E-state index in [2.05, 4.69) is 19.7 Å². The lowest BCUT2D eigenvalue weighted by molar-refractivity contribution is 0.331. The number of unbranched alkanes of at least 4 members (excludes halogenated alkanes) is 1. The summed E-state index contributed by atoms with van der Waals surface area (Å²) in [6.45, 7) is 4.82. The molecule has 0 amide bonds. The Hall–Kier alpha value is -0.770. The summed E-state index contributed by atoms with van der Waals surface area (Å²) < 4.78 is 0. The van der Waals surface area contributed by atoms with Crippen molar-refractivity contribution < 1.29 is 0 Å². The summed E-state index contributed by atoms with van der Waals surface area (Å²) in [5.74, 6) is 1.06. The van der Waals surface area contributed by atoms with Crippen molar-refractivity contribution in [2.45, 2.75) is 25.7 Å². The Morgan fingerprint density at radius 3 is 2.12 bits per heavy atom. The standard InChI is InChI=1S/C13H28N4/c1-15(2)13(16(3)4)14-9-5-6-10-17-11-7-8-12-17/h5-12H2,1-4H3. The van der Waals surface area contributed by atoms with E-state index < -0.39 is 0 Å². The van der Waals surface area contributed by atoms with Gasteiger partial charge in [0.1, 0.15) is 0 Å². The van der Waals surface area contributed by atoms with E-state index in [4.69, 9.17) is 0 Å². The molecule has 0 spiro atoms. The maximum atomic E-state index is 4.64. The molecule has 1 aliphatic heterocycles. The average molecular weight is 240 g/mol. The number of hydrogen-bond donors (Lipinski definition) is 0. The Morgan fingerprint density at radius 2 is 1.59 bits per heavy atom. The molecule has 100 valence electrons.